The van der Waals surface area contributed by atoms with Crippen LogP contribution < -0.4 is 0 Å². The lowest BCUT2D eigenvalue weighted by Gasteiger charge is -1.97. The van der Waals surface area contributed by atoms with E-state index < -0.39 is 4.92 Å². The third-order valence-electron chi connectivity index (χ3n) is 2.26. The molecule has 0 unspecified atom stereocenters. The first-order chi connectivity index (χ1) is 8.59. The number of nitro benzene ring substituents is 1. The van der Waals surface area contributed by atoms with Crippen LogP contribution in [0.4, 0.5) is 5.69 Å². The summed E-state index contributed by atoms with van der Waals surface area (Å²) in [6, 6.07) is 6.34. The molecule has 0 spiro atoms. The summed E-state index contributed by atoms with van der Waals surface area (Å²) in [6.07, 6.45) is 1.39. The largest absolute Gasteiger partial charge is 0.278 e. The summed E-state index contributed by atoms with van der Waals surface area (Å²) in [4.78, 5) is 10.4. The fraction of sp³-hybridized carbons (Fsp3) is 0.100. The van der Waals surface area contributed by atoms with E-state index in [1.165, 1.54) is 17.0 Å². The van der Waals surface area contributed by atoms with Crippen molar-refractivity contribution in [2.75, 3.05) is 0 Å². The standard InChI is InChI=1S/C10H9N5O2S/c1-7-12-13-10(18)14(7)11-6-8-4-2-3-5-9(8)15(16)17/h2-6H,1H3,(H,13,18)/b11-6+. The van der Waals surface area contributed by atoms with Crippen molar-refractivity contribution in [3.63, 3.8) is 0 Å². The van der Waals surface area contributed by atoms with Gasteiger partial charge in [-0.15, -0.1) is 0 Å². The van der Waals surface area contributed by atoms with Crippen LogP contribution in [0.1, 0.15) is 11.4 Å². The predicted octanol–water partition coefficient (Wildman–Crippen LogP) is 2.04. The molecule has 2 aromatic rings. The Morgan fingerprint density at radius 2 is 2.28 bits per heavy atom. The SMILES string of the molecule is Cc1n[nH]c(=S)n1/N=C/c1ccccc1[N+](=O)[O-]. The Labute approximate surface area is 107 Å². The van der Waals surface area contributed by atoms with Crippen LogP contribution in [0.2, 0.25) is 0 Å². The Bertz CT molecular complexity index is 673. The van der Waals surface area contributed by atoms with Gasteiger partial charge in [0.2, 0.25) is 4.77 Å². The van der Waals surface area contributed by atoms with Crippen LogP contribution in [-0.2, 0) is 0 Å². The van der Waals surface area contributed by atoms with Crippen molar-refractivity contribution in [3.8, 4) is 0 Å². The Hall–Kier alpha value is -2.35. The van der Waals surface area contributed by atoms with E-state index in [0.717, 1.165) is 0 Å². The second-order valence-corrected chi connectivity index (χ2v) is 3.83. The van der Waals surface area contributed by atoms with Gasteiger partial charge < -0.3 is 0 Å². The quantitative estimate of drug-likeness (QED) is 0.397. The van der Waals surface area contributed by atoms with Crippen LogP contribution in [0.3, 0.4) is 0 Å². The van der Waals surface area contributed by atoms with Crippen molar-refractivity contribution in [2.24, 2.45) is 5.10 Å². The monoisotopic (exact) mass is 263 g/mol. The van der Waals surface area contributed by atoms with E-state index in [1.54, 1.807) is 25.1 Å². The second kappa shape index (κ2) is 4.88. The van der Waals surface area contributed by atoms with Gasteiger partial charge in [-0.2, -0.15) is 14.9 Å². The zero-order valence-corrected chi connectivity index (χ0v) is 10.2. The highest BCUT2D eigenvalue weighted by Gasteiger charge is 2.10. The Morgan fingerprint density at radius 1 is 1.56 bits per heavy atom. The molecule has 0 bridgehead atoms. The maximum Gasteiger partial charge on any atom is 0.278 e. The Kier molecular flexibility index (Phi) is 3.28. The fourth-order valence-corrected chi connectivity index (χ4v) is 1.61. The Morgan fingerprint density at radius 3 is 2.89 bits per heavy atom. The lowest BCUT2D eigenvalue weighted by Crippen LogP contribution is -1.97. The number of para-hydroxylation sites is 1. The maximum absolute atomic E-state index is 10.8. The number of rotatable bonds is 3. The second-order valence-electron chi connectivity index (χ2n) is 3.45. The summed E-state index contributed by atoms with van der Waals surface area (Å²) in [7, 11) is 0. The molecule has 0 radical (unpaired) electrons. The number of nitrogens with one attached hydrogen (secondary N) is 1. The van der Waals surface area contributed by atoms with E-state index in [9.17, 15) is 10.1 Å². The van der Waals surface area contributed by atoms with Gasteiger partial charge in [0, 0.05) is 6.07 Å². The van der Waals surface area contributed by atoms with Crippen LogP contribution >= 0.6 is 12.2 Å². The first-order valence-corrected chi connectivity index (χ1v) is 5.42. The first kappa shape index (κ1) is 12.1. The molecule has 92 valence electrons. The molecule has 1 N–H and O–H groups in total. The lowest BCUT2D eigenvalue weighted by atomic mass is 10.2. The molecular formula is C10H9N5O2S. The highest BCUT2D eigenvalue weighted by molar-refractivity contribution is 7.71. The van der Waals surface area contributed by atoms with Crippen molar-refractivity contribution in [1.82, 2.24) is 14.9 Å². The number of hydrogen-bond acceptors (Lipinski definition) is 5. The molecule has 0 aliphatic heterocycles. The third kappa shape index (κ3) is 2.33. The minimum Gasteiger partial charge on any atom is -0.258 e. The van der Waals surface area contributed by atoms with Crippen molar-refractivity contribution in [1.29, 1.82) is 0 Å². The molecule has 0 saturated heterocycles. The molecule has 7 nitrogen and oxygen atoms in total. The Balaban J connectivity index is 2.41. The van der Waals surface area contributed by atoms with Gasteiger partial charge in [0.05, 0.1) is 16.7 Å². The minimum atomic E-state index is -0.456. The summed E-state index contributed by atoms with van der Waals surface area (Å²) in [5, 5.41) is 21.3. The molecule has 0 atom stereocenters. The third-order valence-corrected chi connectivity index (χ3v) is 2.52. The summed E-state index contributed by atoms with van der Waals surface area (Å²) >= 11 is 4.97. The summed E-state index contributed by atoms with van der Waals surface area (Å²) in [6.45, 7) is 1.73. The molecule has 1 heterocycles. The molecule has 18 heavy (non-hydrogen) atoms. The van der Waals surface area contributed by atoms with Gasteiger partial charge in [-0.05, 0) is 25.2 Å². The summed E-state index contributed by atoms with van der Waals surface area (Å²) in [5.74, 6) is 0.579. The van der Waals surface area contributed by atoms with Crippen molar-refractivity contribution in [2.45, 2.75) is 6.92 Å². The zero-order valence-electron chi connectivity index (χ0n) is 9.40. The van der Waals surface area contributed by atoms with Gasteiger partial charge >= 0.3 is 0 Å². The normalized spacial score (nSPS) is 10.9. The number of nitro groups is 1. The highest BCUT2D eigenvalue weighted by Crippen LogP contribution is 2.15. The summed E-state index contributed by atoms with van der Waals surface area (Å²) < 4.78 is 1.73. The van der Waals surface area contributed by atoms with Crippen molar-refractivity contribution < 1.29 is 4.92 Å². The molecule has 0 amide bonds. The van der Waals surface area contributed by atoms with E-state index in [1.807, 2.05) is 0 Å². The molecule has 0 fully saturated rings. The van der Waals surface area contributed by atoms with E-state index >= 15 is 0 Å². The zero-order chi connectivity index (χ0) is 13.1. The maximum atomic E-state index is 10.8. The van der Waals surface area contributed by atoms with Gasteiger partial charge in [0.1, 0.15) is 5.82 Å². The molecule has 2 rings (SSSR count). The van der Waals surface area contributed by atoms with E-state index in [2.05, 4.69) is 15.3 Å². The summed E-state index contributed by atoms with van der Waals surface area (Å²) in [5.41, 5.74) is 0.402. The minimum absolute atomic E-state index is 0.00563. The smallest absolute Gasteiger partial charge is 0.258 e. The van der Waals surface area contributed by atoms with Crippen molar-refractivity contribution in [3.05, 3.63) is 50.5 Å². The van der Waals surface area contributed by atoms with Gasteiger partial charge in [-0.1, -0.05) is 12.1 Å². The fourth-order valence-electron chi connectivity index (χ4n) is 1.39. The first-order valence-electron chi connectivity index (χ1n) is 5.01. The lowest BCUT2D eigenvalue weighted by molar-refractivity contribution is -0.385. The molecule has 0 aliphatic carbocycles. The molecule has 1 aromatic heterocycles. The average molecular weight is 263 g/mol. The molecule has 1 aromatic carbocycles. The van der Waals surface area contributed by atoms with Crippen LogP contribution in [0, 0.1) is 21.8 Å². The molecule has 0 aliphatic rings. The highest BCUT2D eigenvalue weighted by atomic mass is 32.1. The van der Waals surface area contributed by atoms with Crippen LogP contribution in [0.5, 0.6) is 0 Å². The van der Waals surface area contributed by atoms with Crippen LogP contribution in [0.25, 0.3) is 0 Å². The number of hydrogen-bond donors (Lipinski definition) is 1. The number of benzene rings is 1. The number of nitrogens with zero attached hydrogens (tertiary/aromatic N) is 4. The number of aryl methyl sites for hydroxylation is 1. The van der Waals surface area contributed by atoms with E-state index in [4.69, 9.17) is 12.2 Å². The van der Waals surface area contributed by atoms with Gasteiger partial charge in [-0.3, -0.25) is 15.2 Å². The number of aromatic amines is 1. The molecule has 0 saturated carbocycles. The number of H-pyrrole nitrogens is 1. The van der Waals surface area contributed by atoms with Gasteiger partial charge in [-0.25, -0.2) is 0 Å². The van der Waals surface area contributed by atoms with E-state index in [0.29, 0.717) is 16.2 Å². The van der Waals surface area contributed by atoms with Crippen LogP contribution in [0.15, 0.2) is 29.4 Å². The molecular weight excluding hydrogens is 254 g/mol. The van der Waals surface area contributed by atoms with Gasteiger partial charge in [0.15, 0.2) is 0 Å². The van der Waals surface area contributed by atoms with E-state index in [-0.39, 0.29) is 5.69 Å². The van der Waals surface area contributed by atoms with Crippen LogP contribution in [-0.4, -0.2) is 26.0 Å². The van der Waals surface area contributed by atoms with Crippen molar-refractivity contribution >= 4 is 24.1 Å². The topological polar surface area (TPSA) is 89.1 Å². The molecule has 8 heteroatoms. The average Bonchev–Trinajstić information content (AvgIpc) is 2.67. The van der Waals surface area contributed by atoms with Gasteiger partial charge in [0.25, 0.3) is 5.69 Å². The number of aromatic nitrogens is 3. The predicted molar refractivity (Wildman–Crippen MR) is 68.2 cm³/mol.